The van der Waals surface area contributed by atoms with E-state index in [0.29, 0.717) is 31.6 Å². The second-order valence-electron chi connectivity index (χ2n) is 7.92. The van der Waals surface area contributed by atoms with E-state index in [1.165, 1.54) is 12.1 Å². The van der Waals surface area contributed by atoms with Crippen LogP contribution in [-0.4, -0.2) is 37.5 Å². The van der Waals surface area contributed by atoms with Crippen LogP contribution in [0, 0.1) is 19.7 Å². The number of ether oxygens (including phenoxy) is 4. The highest BCUT2D eigenvalue weighted by Crippen LogP contribution is 2.46. The highest BCUT2D eigenvalue weighted by Gasteiger charge is 2.52. The molecule has 2 aliphatic heterocycles. The van der Waals surface area contributed by atoms with Gasteiger partial charge in [-0.3, -0.25) is 0 Å². The van der Waals surface area contributed by atoms with Gasteiger partial charge in [-0.15, -0.1) is 0 Å². The Labute approximate surface area is 185 Å². The zero-order valence-electron chi connectivity index (χ0n) is 18.3. The van der Waals surface area contributed by atoms with Crippen molar-refractivity contribution in [3.05, 3.63) is 64.7 Å². The standard InChI is InChI=1S/C25H25FO6/c1-4-30-24(28)31-22-21(23(27)32-25(22)11-13-29-14-12-25)20-15(2)5-10-19(16(20)3)17-6-8-18(26)9-7-17/h5-10H,4,11-14H2,1-3H3. The Morgan fingerprint density at radius 3 is 2.44 bits per heavy atom. The van der Waals surface area contributed by atoms with Crippen molar-refractivity contribution in [2.75, 3.05) is 19.8 Å². The Bertz CT molecular complexity index is 1080. The van der Waals surface area contributed by atoms with Crippen LogP contribution in [0.2, 0.25) is 0 Å². The average molecular weight is 440 g/mol. The molecule has 2 aliphatic rings. The van der Waals surface area contributed by atoms with Crippen LogP contribution in [0.25, 0.3) is 16.7 Å². The molecule has 0 amide bonds. The van der Waals surface area contributed by atoms with E-state index in [4.69, 9.17) is 18.9 Å². The summed E-state index contributed by atoms with van der Waals surface area (Å²) in [6, 6.07) is 9.98. The Morgan fingerprint density at radius 1 is 1.09 bits per heavy atom. The minimum Gasteiger partial charge on any atom is -0.447 e. The first-order valence-corrected chi connectivity index (χ1v) is 10.6. The number of aryl methyl sites for hydroxylation is 1. The first-order chi connectivity index (χ1) is 15.4. The number of hydrogen-bond acceptors (Lipinski definition) is 6. The zero-order valence-corrected chi connectivity index (χ0v) is 18.3. The first kappa shape index (κ1) is 22.0. The number of carbonyl (C=O) groups excluding carboxylic acids is 2. The van der Waals surface area contributed by atoms with Gasteiger partial charge in [0.05, 0.1) is 19.8 Å². The molecule has 0 atom stereocenters. The largest absolute Gasteiger partial charge is 0.513 e. The van der Waals surface area contributed by atoms with Crippen molar-refractivity contribution < 1.29 is 32.9 Å². The molecule has 7 heteroatoms. The fourth-order valence-corrected chi connectivity index (χ4v) is 4.39. The van der Waals surface area contributed by atoms with Crippen molar-refractivity contribution in [3.8, 4) is 11.1 Å². The molecule has 168 valence electrons. The fraction of sp³-hybridized carbons (Fsp3) is 0.360. The molecule has 0 bridgehead atoms. The van der Waals surface area contributed by atoms with E-state index in [-0.39, 0.29) is 23.8 Å². The molecule has 0 aromatic heterocycles. The van der Waals surface area contributed by atoms with Gasteiger partial charge in [0.1, 0.15) is 11.4 Å². The van der Waals surface area contributed by atoms with E-state index < -0.39 is 17.7 Å². The molecule has 2 aromatic rings. The van der Waals surface area contributed by atoms with Gasteiger partial charge in [0.2, 0.25) is 0 Å². The molecule has 2 heterocycles. The van der Waals surface area contributed by atoms with Gasteiger partial charge in [-0.2, -0.15) is 0 Å². The van der Waals surface area contributed by atoms with Crippen molar-refractivity contribution in [1.82, 2.24) is 0 Å². The van der Waals surface area contributed by atoms with Crippen molar-refractivity contribution in [2.45, 2.75) is 39.2 Å². The van der Waals surface area contributed by atoms with Gasteiger partial charge in [0, 0.05) is 12.8 Å². The zero-order chi connectivity index (χ0) is 22.9. The average Bonchev–Trinajstić information content (AvgIpc) is 3.00. The molecular weight excluding hydrogens is 415 g/mol. The first-order valence-electron chi connectivity index (χ1n) is 10.6. The highest BCUT2D eigenvalue weighted by atomic mass is 19.1. The van der Waals surface area contributed by atoms with E-state index in [2.05, 4.69) is 0 Å². The number of halogens is 1. The second kappa shape index (κ2) is 8.74. The van der Waals surface area contributed by atoms with Gasteiger partial charge >= 0.3 is 12.1 Å². The summed E-state index contributed by atoms with van der Waals surface area (Å²) in [5, 5.41) is 0. The molecule has 0 saturated carbocycles. The normalized spacial score (nSPS) is 17.4. The molecule has 0 aliphatic carbocycles. The minimum atomic E-state index is -1.07. The lowest BCUT2D eigenvalue weighted by molar-refractivity contribution is -0.155. The topological polar surface area (TPSA) is 71.1 Å². The van der Waals surface area contributed by atoms with Crippen molar-refractivity contribution in [3.63, 3.8) is 0 Å². The van der Waals surface area contributed by atoms with Gasteiger partial charge in [0.15, 0.2) is 11.4 Å². The Hall–Kier alpha value is -3.19. The summed E-state index contributed by atoms with van der Waals surface area (Å²) < 4.78 is 35.4. The van der Waals surface area contributed by atoms with Crippen LogP contribution in [0.15, 0.2) is 42.2 Å². The third-order valence-electron chi connectivity index (χ3n) is 5.96. The van der Waals surface area contributed by atoms with Crippen LogP contribution in [0.5, 0.6) is 0 Å². The summed E-state index contributed by atoms with van der Waals surface area (Å²) in [6.45, 7) is 6.35. The van der Waals surface area contributed by atoms with Crippen LogP contribution in [-0.2, 0) is 23.7 Å². The Balaban J connectivity index is 1.90. The van der Waals surface area contributed by atoms with Gasteiger partial charge in [0.25, 0.3) is 0 Å². The third kappa shape index (κ3) is 3.88. The molecular formula is C25H25FO6. The Kier molecular flexibility index (Phi) is 6.02. The molecule has 1 fully saturated rings. The van der Waals surface area contributed by atoms with Crippen LogP contribution in [0.3, 0.4) is 0 Å². The van der Waals surface area contributed by atoms with E-state index in [9.17, 15) is 14.0 Å². The van der Waals surface area contributed by atoms with Gasteiger partial charge in [-0.25, -0.2) is 14.0 Å². The Morgan fingerprint density at radius 2 is 1.78 bits per heavy atom. The highest BCUT2D eigenvalue weighted by molar-refractivity contribution is 6.21. The predicted molar refractivity (Wildman–Crippen MR) is 115 cm³/mol. The van der Waals surface area contributed by atoms with Gasteiger partial charge in [-0.1, -0.05) is 24.3 Å². The summed E-state index contributed by atoms with van der Waals surface area (Å²) >= 11 is 0. The molecule has 0 N–H and O–H groups in total. The molecule has 0 unspecified atom stereocenters. The number of carbonyl (C=O) groups is 2. The maximum absolute atomic E-state index is 13.4. The van der Waals surface area contributed by atoms with Crippen molar-refractivity contribution in [1.29, 1.82) is 0 Å². The summed E-state index contributed by atoms with van der Waals surface area (Å²) in [4.78, 5) is 25.5. The van der Waals surface area contributed by atoms with E-state index in [0.717, 1.165) is 22.3 Å². The SMILES string of the molecule is CCOC(=O)OC1=C(c2c(C)ccc(-c3ccc(F)cc3)c2C)C(=O)OC12CCOCC2. The van der Waals surface area contributed by atoms with Crippen LogP contribution >= 0.6 is 0 Å². The third-order valence-corrected chi connectivity index (χ3v) is 5.96. The van der Waals surface area contributed by atoms with Crippen LogP contribution < -0.4 is 0 Å². The van der Waals surface area contributed by atoms with Crippen LogP contribution in [0.4, 0.5) is 9.18 Å². The molecule has 2 aromatic carbocycles. The second-order valence-corrected chi connectivity index (χ2v) is 7.92. The van der Waals surface area contributed by atoms with Gasteiger partial charge < -0.3 is 18.9 Å². The van der Waals surface area contributed by atoms with E-state index >= 15 is 0 Å². The lowest BCUT2D eigenvalue weighted by atomic mass is 9.85. The molecule has 6 nitrogen and oxygen atoms in total. The van der Waals surface area contributed by atoms with Crippen molar-refractivity contribution >= 4 is 17.7 Å². The maximum atomic E-state index is 13.4. The maximum Gasteiger partial charge on any atom is 0.513 e. The molecule has 4 rings (SSSR count). The van der Waals surface area contributed by atoms with Crippen molar-refractivity contribution in [2.24, 2.45) is 0 Å². The van der Waals surface area contributed by atoms with E-state index in [1.54, 1.807) is 19.1 Å². The number of hydrogen-bond donors (Lipinski definition) is 0. The van der Waals surface area contributed by atoms with E-state index in [1.807, 2.05) is 26.0 Å². The quantitative estimate of drug-likeness (QED) is 0.616. The summed E-state index contributed by atoms with van der Waals surface area (Å²) in [6.07, 6.45) is -0.117. The predicted octanol–water partition coefficient (Wildman–Crippen LogP) is 5.10. The fourth-order valence-electron chi connectivity index (χ4n) is 4.39. The summed E-state index contributed by atoms with van der Waals surface area (Å²) in [5.41, 5.74) is 3.08. The number of rotatable bonds is 4. The van der Waals surface area contributed by atoms with Crippen LogP contribution in [0.1, 0.15) is 36.5 Å². The smallest absolute Gasteiger partial charge is 0.447 e. The minimum absolute atomic E-state index is 0.143. The summed E-state index contributed by atoms with van der Waals surface area (Å²) in [5.74, 6) is -0.701. The molecule has 32 heavy (non-hydrogen) atoms. The lowest BCUT2D eigenvalue weighted by Crippen LogP contribution is -2.40. The molecule has 1 saturated heterocycles. The molecule has 0 radical (unpaired) electrons. The lowest BCUT2D eigenvalue weighted by Gasteiger charge is -2.33. The number of benzene rings is 2. The number of esters is 1. The van der Waals surface area contributed by atoms with Gasteiger partial charge in [-0.05, 0) is 60.7 Å². The molecule has 1 spiro atoms. The monoisotopic (exact) mass is 440 g/mol. The summed E-state index contributed by atoms with van der Waals surface area (Å²) in [7, 11) is 0.